The first kappa shape index (κ1) is 17.5. The molecule has 9 heteroatoms. The van der Waals surface area contributed by atoms with Crippen LogP contribution >= 0.6 is 7.60 Å². The van der Waals surface area contributed by atoms with Crippen molar-refractivity contribution in [3.8, 4) is 0 Å². The highest BCUT2D eigenvalue weighted by Crippen LogP contribution is 2.47. The lowest BCUT2D eigenvalue weighted by Crippen LogP contribution is -2.26. The highest BCUT2D eigenvalue weighted by Gasteiger charge is 2.27. The van der Waals surface area contributed by atoms with Crippen LogP contribution in [0.15, 0.2) is 0 Å². The minimum Gasteiger partial charge on any atom is -0.465 e. The summed E-state index contributed by atoms with van der Waals surface area (Å²) in [4.78, 5) is 20.2. The van der Waals surface area contributed by atoms with Crippen LogP contribution in [0.1, 0.15) is 20.8 Å². The minimum absolute atomic E-state index is 0.108. The van der Waals surface area contributed by atoms with E-state index in [4.69, 9.17) is 0 Å². The highest BCUT2D eigenvalue weighted by atomic mass is 31.2. The largest absolute Gasteiger partial charge is 0.465 e. The molecule has 0 saturated heterocycles. The van der Waals surface area contributed by atoms with Crippen LogP contribution in [0, 0.1) is 0 Å². The predicted octanol–water partition coefficient (Wildman–Crippen LogP) is 1.23. The Morgan fingerprint density at radius 2 is 1.61 bits per heavy atom. The summed E-state index contributed by atoms with van der Waals surface area (Å²) in [6.45, 7) is 5.61. The predicted molar refractivity (Wildman–Crippen MR) is 62.5 cm³/mol. The Balaban J connectivity index is 4.07. The van der Waals surface area contributed by atoms with Gasteiger partial charge in [-0.15, -0.1) is 9.35 Å². The van der Waals surface area contributed by atoms with Crippen LogP contribution in [0.25, 0.3) is 0 Å². The van der Waals surface area contributed by atoms with Gasteiger partial charge in [-0.3, -0.25) is 14.7 Å². The van der Waals surface area contributed by atoms with Crippen LogP contribution in [0.4, 0.5) is 0 Å². The lowest BCUT2D eigenvalue weighted by Gasteiger charge is -2.15. The molecule has 8 nitrogen and oxygen atoms in total. The fourth-order valence-corrected chi connectivity index (χ4v) is 1.89. The van der Waals surface area contributed by atoms with Crippen molar-refractivity contribution in [2.75, 3.05) is 32.7 Å². The average Bonchev–Trinajstić information content (AvgIpc) is 2.34. The molecule has 0 aromatic heterocycles. The second-order valence-electron chi connectivity index (χ2n) is 2.96. The fraction of sp³-hybridized carbons (Fsp3) is 0.889. The number of rotatable bonds is 11. The number of esters is 1. The third kappa shape index (κ3) is 8.57. The van der Waals surface area contributed by atoms with Gasteiger partial charge in [0.1, 0.15) is 6.29 Å². The van der Waals surface area contributed by atoms with Gasteiger partial charge < -0.3 is 4.74 Å². The van der Waals surface area contributed by atoms with Gasteiger partial charge in [-0.25, -0.2) is 9.78 Å². The van der Waals surface area contributed by atoms with Gasteiger partial charge in [-0.1, -0.05) is 0 Å². The van der Waals surface area contributed by atoms with E-state index < -0.39 is 13.6 Å². The van der Waals surface area contributed by atoms with Gasteiger partial charge in [0.2, 0.25) is 0 Å². The fourth-order valence-electron chi connectivity index (χ4n) is 0.838. The molecule has 0 bridgehead atoms. The Morgan fingerprint density at radius 1 is 1.06 bits per heavy atom. The van der Waals surface area contributed by atoms with Gasteiger partial charge in [0.05, 0.1) is 26.4 Å². The van der Waals surface area contributed by atoms with Crippen molar-refractivity contribution < 1.29 is 33.2 Å². The monoisotopic (exact) mass is 285 g/mol. The summed E-state index contributed by atoms with van der Waals surface area (Å²) in [6, 6.07) is 0. The first-order valence-corrected chi connectivity index (χ1v) is 7.38. The van der Waals surface area contributed by atoms with Crippen LogP contribution in [-0.4, -0.2) is 38.6 Å². The molecule has 0 radical (unpaired) electrons. The van der Waals surface area contributed by atoms with Crippen molar-refractivity contribution in [3.05, 3.63) is 0 Å². The Kier molecular flexibility index (Phi) is 10.1. The van der Waals surface area contributed by atoms with Gasteiger partial charge in [0.15, 0.2) is 0 Å². The summed E-state index contributed by atoms with van der Waals surface area (Å²) < 4.78 is 25.9. The zero-order chi connectivity index (χ0) is 13.9. The van der Waals surface area contributed by atoms with Crippen LogP contribution < -0.4 is 5.32 Å². The normalized spacial score (nSPS) is 11.5. The number of hydrogen-bond acceptors (Lipinski definition) is 8. The maximum atomic E-state index is 12.0. The molecule has 1 N–H and O–H groups in total. The first-order valence-electron chi connectivity index (χ1n) is 5.65. The van der Waals surface area contributed by atoms with Crippen molar-refractivity contribution >= 4 is 13.6 Å². The van der Waals surface area contributed by atoms with E-state index in [1.807, 2.05) is 0 Å². The molecular formula is C9H20NO7P. The van der Waals surface area contributed by atoms with E-state index in [0.717, 1.165) is 0 Å². The molecule has 0 aliphatic heterocycles. The third-order valence-electron chi connectivity index (χ3n) is 1.45. The van der Waals surface area contributed by atoms with Crippen LogP contribution in [0.3, 0.4) is 0 Å². The summed E-state index contributed by atoms with van der Waals surface area (Å²) >= 11 is 0. The summed E-state index contributed by atoms with van der Waals surface area (Å²) in [5, 5.41) is 2.58. The van der Waals surface area contributed by atoms with Crippen LogP contribution in [-0.2, 0) is 33.2 Å². The second-order valence-corrected chi connectivity index (χ2v) is 4.80. The topological polar surface area (TPSA) is 92.3 Å². The van der Waals surface area contributed by atoms with Gasteiger partial charge in [-0.2, -0.15) is 0 Å². The summed E-state index contributed by atoms with van der Waals surface area (Å²) in [5.74, 6) is -0.461. The zero-order valence-electron chi connectivity index (χ0n) is 10.8. The third-order valence-corrected chi connectivity index (χ3v) is 2.72. The number of ether oxygens (including phenoxy) is 1. The van der Waals surface area contributed by atoms with Gasteiger partial charge in [0.25, 0.3) is 0 Å². The Hall–Kier alpha value is -0.500. The number of hydrogen-bond donors (Lipinski definition) is 1. The SMILES string of the molecule is CCOOP(=O)(CNCC(=O)OCC)OOCC. The molecule has 0 fully saturated rings. The Labute approximate surface area is 106 Å². The molecule has 108 valence electrons. The molecule has 0 spiro atoms. The second kappa shape index (κ2) is 10.4. The quantitative estimate of drug-likeness (QED) is 0.262. The van der Waals surface area contributed by atoms with E-state index in [1.165, 1.54) is 0 Å². The van der Waals surface area contributed by atoms with Gasteiger partial charge >= 0.3 is 13.6 Å². The first-order chi connectivity index (χ1) is 8.58. The van der Waals surface area contributed by atoms with Crippen LogP contribution in [0.5, 0.6) is 0 Å². The molecule has 0 aliphatic carbocycles. The molecule has 0 aromatic carbocycles. The lowest BCUT2D eigenvalue weighted by atomic mass is 10.6. The average molecular weight is 285 g/mol. The van der Waals surface area contributed by atoms with Crippen molar-refractivity contribution in [2.24, 2.45) is 0 Å². The smallest absolute Gasteiger partial charge is 0.397 e. The minimum atomic E-state index is -3.59. The molecule has 0 unspecified atom stereocenters. The summed E-state index contributed by atoms with van der Waals surface area (Å²) in [6.07, 6.45) is -0.230. The number of nitrogens with one attached hydrogen (secondary N) is 1. The molecule has 18 heavy (non-hydrogen) atoms. The van der Waals surface area contributed by atoms with E-state index in [0.29, 0.717) is 0 Å². The summed E-state index contributed by atoms with van der Waals surface area (Å²) in [5.41, 5.74) is 0. The molecule has 0 amide bonds. The van der Waals surface area contributed by atoms with Crippen molar-refractivity contribution in [1.29, 1.82) is 0 Å². The summed E-state index contributed by atoms with van der Waals surface area (Å²) in [7, 11) is -3.59. The Morgan fingerprint density at radius 3 is 2.06 bits per heavy atom. The maximum Gasteiger partial charge on any atom is 0.397 e. The Bertz CT molecular complexity index is 262. The molecular weight excluding hydrogens is 265 g/mol. The highest BCUT2D eigenvalue weighted by molar-refractivity contribution is 7.53. The van der Waals surface area contributed by atoms with Crippen molar-refractivity contribution in [2.45, 2.75) is 20.8 Å². The van der Waals surface area contributed by atoms with E-state index in [-0.39, 0.29) is 32.7 Å². The molecule has 0 rings (SSSR count). The van der Waals surface area contributed by atoms with E-state index in [9.17, 15) is 9.36 Å². The molecule has 0 atom stereocenters. The standard InChI is InChI=1S/C9H20NO7P/c1-4-13-9(11)7-10-8-18(12,16-14-5-2)17-15-6-3/h10H,4-8H2,1-3H3. The lowest BCUT2D eigenvalue weighted by molar-refractivity contribution is -0.263. The molecule has 0 saturated carbocycles. The van der Waals surface area contributed by atoms with Crippen LogP contribution in [0.2, 0.25) is 0 Å². The molecule has 0 aliphatic rings. The van der Waals surface area contributed by atoms with Crippen molar-refractivity contribution in [1.82, 2.24) is 5.32 Å². The van der Waals surface area contributed by atoms with E-state index >= 15 is 0 Å². The molecule has 0 heterocycles. The maximum absolute atomic E-state index is 12.0. The van der Waals surface area contributed by atoms with Crippen molar-refractivity contribution in [3.63, 3.8) is 0 Å². The van der Waals surface area contributed by atoms with E-state index in [1.54, 1.807) is 20.8 Å². The number of carbonyl (C=O) groups is 1. The van der Waals surface area contributed by atoms with E-state index in [2.05, 4.69) is 29.2 Å². The van der Waals surface area contributed by atoms with Gasteiger partial charge in [-0.05, 0) is 20.8 Å². The zero-order valence-corrected chi connectivity index (χ0v) is 11.7. The molecule has 0 aromatic rings. The number of carbonyl (C=O) groups excluding carboxylic acids is 1. The van der Waals surface area contributed by atoms with Gasteiger partial charge in [0, 0.05) is 0 Å².